The molecule has 20 heavy (non-hydrogen) atoms. The monoisotopic (exact) mass is 304 g/mol. The van der Waals surface area contributed by atoms with E-state index in [1.807, 2.05) is 13.8 Å². The van der Waals surface area contributed by atoms with Crippen molar-refractivity contribution in [1.29, 1.82) is 0 Å². The number of aliphatic hydroxyl groups is 1. The third kappa shape index (κ3) is 3.38. The molecule has 0 aliphatic carbocycles. The maximum atomic E-state index is 12.5. The first-order chi connectivity index (χ1) is 9.38. The zero-order valence-electron chi connectivity index (χ0n) is 11.5. The number of nitrogens with zero attached hydrogens (tertiary/aromatic N) is 1. The predicted octanol–water partition coefficient (Wildman–Crippen LogP) is 0.885. The molecule has 0 saturated heterocycles. The summed E-state index contributed by atoms with van der Waals surface area (Å²) >= 11 is 0. The quantitative estimate of drug-likeness (QED) is 0.660. The van der Waals surface area contributed by atoms with Crippen LogP contribution in [0.4, 0.5) is 0 Å². The van der Waals surface area contributed by atoms with Gasteiger partial charge in [-0.15, -0.1) is 0 Å². The summed E-state index contributed by atoms with van der Waals surface area (Å²) in [7, 11) is -3.82. The minimum Gasteiger partial charge on any atom is -0.477 e. The largest absolute Gasteiger partial charge is 0.477 e. The van der Waals surface area contributed by atoms with Gasteiger partial charge in [0.2, 0.25) is 10.0 Å². The number of hydrogen-bond acceptors (Lipinski definition) is 4. The summed E-state index contributed by atoms with van der Waals surface area (Å²) in [5, 5.41) is 17.9. The molecule has 1 aromatic rings. The minimum absolute atomic E-state index is 0.0116. The van der Waals surface area contributed by atoms with Crippen molar-refractivity contribution in [2.75, 3.05) is 13.2 Å². The smallest absolute Gasteiger partial charge is 0.352 e. The Morgan fingerprint density at radius 3 is 2.40 bits per heavy atom. The summed E-state index contributed by atoms with van der Waals surface area (Å²) in [6.07, 6.45) is 2.39. The summed E-state index contributed by atoms with van der Waals surface area (Å²) in [6, 6.07) is 0.861. The molecule has 0 spiro atoms. The third-order valence-corrected chi connectivity index (χ3v) is 5.09. The molecule has 0 amide bonds. The second-order valence-electron chi connectivity index (χ2n) is 4.36. The van der Waals surface area contributed by atoms with Gasteiger partial charge in [0.25, 0.3) is 0 Å². The Kier molecular flexibility index (Phi) is 5.73. The van der Waals surface area contributed by atoms with E-state index in [-0.39, 0.29) is 29.8 Å². The average Bonchev–Trinajstić information content (AvgIpc) is 2.89. The molecule has 1 heterocycles. The molecule has 0 aromatic carbocycles. The van der Waals surface area contributed by atoms with E-state index in [0.29, 0.717) is 12.8 Å². The predicted molar refractivity (Wildman–Crippen MR) is 73.1 cm³/mol. The number of carboxylic acids is 1. The van der Waals surface area contributed by atoms with E-state index >= 15 is 0 Å². The highest BCUT2D eigenvalue weighted by molar-refractivity contribution is 7.89. The van der Waals surface area contributed by atoms with Gasteiger partial charge in [0.15, 0.2) is 0 Å². The average molecular weight is 304 g/mol. The van der Waals surface area contributed by atoms with Crippen LogP contribution in [0, 0.1) is 0 Å². The molecule has 7 nitrogen and oxygen atoms in total. The van der Waals surface area contributed by atoms with Gasteiger partial charge < -0.3 is 15.2 Å². The Morgan fingerprint density at radius 1 is 1.40 bits per heavy atom. The molecule has 1 rings (SSSR count). The van der Waals surface area contributed by atoms with Crippen molar-refractivity contribution >= 4 is 16.0 Å². The number of aromatic amines is 1. The number of carbonyl (C=O) groups is 1. The van der Waals surface area contributed by atoms with Crippen molar-refractivity contribution in [3.8, 4) is 0 Å². The number of aliphatic hydroxyl groups excluding tert-OH is 1. The Balaban J connectivity index is 3.17. The molecule has 8 heteroatoms. The van der Waals surface area contributed by atoms with Crippen LogP contribution in [0.1, 0.15) is 37.2 Å². The second-order valence-corrected chi connectivity index (χ2v) is 6.25. The highest BCUT2D eigenvalue weighted by Gasteiger charge is 2.30. The first-order valence-corrected chi connectivity index (χ1v) is 7.86. The maximum Gasteiger partial charge on any atom is 0.352 e. The van der Waals surface area contributed by atoms with Crippen molar-refractivity contribution in [2.24, 2.45) is 0 Å². The lowest BCUT2D eigenvalue weighted by Crippen LogP contribution is -2.41. The van der Waals surface area contributed by atoms with E-state index in [1.165, 1.54) is 4.31 Å². The Labute approximate surface area is 118 Å². The van der Waals surface area contributed by atoms with Gasteiger partial charge in [-0.3, -0.25) is 0 Å². The van der Waals surface area contributed by atoms with Crippen molar-refractivity contribution in [1.82, 2.24) is 9.29 Å². The molecule has 0 bridgehead atoms. The number of sulfonamides is 1. The van der Waals surface area contributed by atoms with Crippen LogP contribution in [0.25, 0.3) is 0 Å². The number of rotatable bonds is 8. The molecular weight excluding hydrogens is 284 g/mol. The summed E-state index contributed by atoms with van der Waals surface area (Å²) in [5.74, 6) is -1.22. The summed E-state index contributed by atoms with van der Waals surface area (Å²) in [6.45, 7) is 3.44. The fourth-order valence-electron chi connectivity index (χ4n) is 2.08. The fourth-order valence-corrected chi connectivity index (χ4v) is 3.83. The van der Waals surface area contributed by atoms with Crippen LogP contribution >= 0.6 is 0 Å². The van der Waals surface area contributed by atoms with Gasteiger partial charge in [-0.2, -0.15) is 4.31 Å². The van der Waals surface area contributed by atoms with Crippen molar-refractivity contribution < 1.29 is 23.4 Å². The summed E-state index contributed by atoms with van der Waals surface area (Å²) < 4.78 is 26.3. The number of aromatic carboxylic acids is 1. The van der Waals surface area contributed by atoms with Crippen LogP contribution < -0.4 is 0 Å². The van der Waals surface area contributed by atoms with Gasteiger partial charge in [0.1, 0.15) is 10.6 Å². The van der Waals surface area contributed by atoms with Crippen LogP contribution in [0.3, 0.4) is 0 Å². The van der Waals surface area contributed by atoms with Crippen molar-refractivity contribution in [3.63, 3.8) is 0 Å². The van der Waals surface area contributed by atoms with Gasteiger partial charge in [0.05, 0.1) is 6.61 Å². The normalized spacial score (nSPS) is 12.2. The van der Waals surface area contributed by atoms with E-state index in [2.05, 4.69) is 4.98 Å². The molecule has 114 valence electrons. The molecule has 0 radical (unpaired) electrons. The lowest BCUT2D eigenvalue weighted by atomic mass is 10.2. The highest BCUT2D eigenvalue weighted by atomic mass is 32.2. The zero-order chi connectivity index (χ0) is 15.3. The van der Waals surface area contributed by atoms with Crippen LogP contribution in [0.5, 0.6) is 0 Å². The molecule has 3 N–H and O–H groups in total. The Hall–Kier alpha value is -1.38. The van der Waals surface area contributed by atoms with E-state index in [1.54, 1.807) is 0 Å². The number of hydrogen-bond donors (Lipinski definition) is 3. The topological polar surface area (TPSA) is 111 Å². The van der Waals surface area contributed by atoms with Gasteiger partial charge in [-0.25, -0.2) is 13.2 Å². The minimum atomic E-state index is -3.82. The first-order valence-electron chi connectivity index (χ1n) is 6.42. The number of H-pyrrole nitrogens is 1. The van der Waals surface area contributed by atoms with Crippen LogP contribution in [-0.4, -0.2) is 53.1 Å². The first kappa shape index (κ1) is 16.7. The number of carboxylic acid groups (broad SMARTS) is 1. The lowest BCUT2D eigenvalue weighted by Gasteiger charge is -2.28. The summed E-state index contributed by atoms with van der Waals surface area (Å²) in [4.78, 5) is 13.1. The number of aromatic nitrogens is 1. The van der Waals surface area contributed by atoms with E-state index in [4.69, 9.17) is 10.2 Å². The highest BCUT2D eigenvalue weighted by Crippen LogP contribution is 2.21. The Morgan fingerprint density at radius 2 is 2.00 bits per heavy atom. The zero-order valence-corrected chi connectivity index (χ0v) is 12.4. The van der Waals surface area contributed by atoms with Gasteiger partial charge >= 0.3 is 5.97 Å². The maximum absolute atomic E-state index is 12.5. The standard InChI is InChI=1S/C12H20N2O5S/c1-3-9(4-2)14(5-6-15)20(18,19)10-7-11(12(16)17)13-8-10/h7-9,13,15H,3-6H2,1-2H3,(H,16,17). The van der Waals surface area contributed by atoms with Gasteiger partial charge in [-0.05, 0) is 18.9 Å². The fraction of sp³-hybridized carbons (Fsp3) is 0.583. The molecule has 0 fully saturated rings. The lowest BCUT2D eigenvalue weighted by molar-refractivity contribution is 0.0691. The van der Waals surface area contributed by atoms with Gasteiger partial charge in [-0.1, -0.05) is 13.8 Å². The van der Waals surface area contributed by atoms with Crippen LogP contribution in [-0.2, 0) is 10.0 Å². The molecule has 1 aromatic heterocycles. The molecular formula is C12H20N2O5S. The SMILES string of the molecule is CCC(CC)N(CCO)S(=O)(=O)c1c[nH]c(C(=O)O)c1. The van der Waals surface area contributed by atoms with E-state index in [0.717, 1.165) is 12.3 Å². The van der Waals surface area contributed by atoms with Crippen molar-refractivity contribution in [3.05, 3.63) is 18.0 Å². The Bertz CT molecular complexity index is 548. The molecule has 0 atom stereocenters. The molecule has 0 aliphatic rings. The van der Waals surface area contributed by atoms with Crippen LogP contribution in [0.15, 0.2) is 17.2 Å². The summed E-state index contributed by atoms with van der Waals surface area (Å²) in [5.41, 5.74) is -0.183. The van der Waals surface area contributed by atoms with Gasteiger partial charge in [0, 0.05) is 18.8 Å². The molecule has 0 unspecified atom stereocenters. The van der Waals surface area contributed by atoms with E-state index in [9.17, 15) is 13.2 Å². The second kappa shape index (κ2) is 6.87. The van der Waals surface area contributed by atoms with Crippen LogP contribution in [0.2, 0.25) is 0 Å². The third-order valence-electron chi connectivity index (χ3n) is 3.16. The number of nitrogens with one attached hydrogen (secondary N) is 1. The van der Waals surface area contributed by atoms with Crippen molar-refractivity contribution in [2.45, 2.75) is 37.6 Å². The molecule has 0 aliphatic heterocycles. The van der Waals surface area contributed by atoms with E-state index < -0.39 is 16.0 Å². The molecule has 0 saturated carbocycles.